The first-order valence-electron chi connectivity index (χ1n) is 6.82. The van der Waals surface area contributed by atoms with Gasteiger partial charge >= 0.3 is 0 Å². The van der Waals surface area contributed by atoms with Crippen LogP contribution in [0.3, 0.4) is 0 Å². The molecule has 0 fully saturated rings. The average Bonchev–Trinajstić information content (AvgIpc) is 2.56. The highest BCUT2D eigenvalue weighted by Gasteiger charge is 2.10. The molecule has 1 N–H and O–H groups in total. The fourth-order valence-electron chi connectivity index (χ4n) is 1.94. The second-order valence-corrected chi connectivity index (χ2v) is 5.46. The first-order valence-corrected chi connectivity index (χ1v) is 7.61. The summed E-state index contributed by atoms with van der Waals surface area (Å²) in [4.78, 5) is 20.3. The van der Waals surface area contributed by atoms with Gasteiger partial charge in [-0.3, -0.25) is 9.78 Å². The molecule has 0 unspecified atom stereocenters. The Morgan fingerprint density at radius 3 is 2.74 bits per heavy atom. The number of rotatable bonds is 4. The zero-order valence-corrected chi connectivity index (χ0v) is 13.5. The second kappa shape index (κ2) is 7.02. The summed E-state index contributed by atoms with van der Waals surface area (Å²) in [6.45, 7) is 0. The maximum absolute atomic E-state index is 12.3. The van der Waals surface area contributed by atoms with Crippen molar-refractivity contribution in [3.05, 3.63) is 77.2 Å². The molecule has 0 aliphatic rings. The number of halogens is 1. The van der Waals surface area contributed by atoms with E-state index >= 15 is 0 Å². The Hall–Kier alpha value is -2.73. The van der Waals surface area contributed by atoms with Gasteiger partial charge in [-0.25, -0.2) is 4.98 Å². The van der Waals surface area contributed by atoms with E-state index in [0.29, 0.717) is 22.9 Å². The highest BCUT2D eigenvalue weighted by Crippen LogP contribution is 2.23. The molecule has 114 valence electrons. The quantitative estimate of drug-likeness (QED) is 0.745. The van der Waals surface area contributed by atoms with Crippen molar-refractivity contribution in [2.24, 2.45) is 0 Å². The van der Waals surface area contributed by atoms with Crippen molar-refractivity contribution in [2.75, 3.05) is 5.32 Å². The van der Waals surface area contributed by atoms with E-state index in [1.807, 2.05) is 18.2 Å². The van der Waals surface area contributed by atoms with Crippen LogP contribution >= 0.6 is 15.9 Å². The Bertz CT molecular complexity index is 825. The molecular weight excluding hydrogens is 358 g/mol. The van der Waals surface area contributed by atoms with Gasteiger partial charge in [-0.15, -0.1) is 0 Å². The van der Waals surface area contributed by atoms with E-state index in [4.69, 9.17) is 4.74 Å². The molecule has 0 atom stereocenters. The van der Waals surface area contributed by atoms with Crippen LogP contribution in [0.1, 0.15) is 10.4 Å². The van der Waals surface area contributed by atoms with E-state index in [9.17, 15) is 4.79 Å². The largest absolute Gasteiger partial charge is 0.437 e. The first-order chi connectivity index (χ1) is 11.2. The Labute approximate surface area is 141 Å². The van der Waals surface area contributed by atoms with E-state index in [1.54, 1.807) is 42.7 Å². The molecule has 1 amide bonds. The van der Waals surface area contributed by atoms with Crippen LogP contribution in [0, 0.1) is 0 Å². The highest BCUT2D eigenvalue weighted by atomic mass is 79.9. The second-order valence-electron chi connectivity index (χ2n) is 4.61. The van der Waals surface area contributed by atoms with Crippen molar-refractivity contribution in [2.45, 2.75) is 0 Å². The van der Waals surface area contributed by atoms with E-state index < -0.39 is 0 Å². The lowest BCUT2D eigenvalue weighted by molar-refractivity contribution is 0.102. The molecule has 0 aliphatic heterocycles. The van der Waals surface area contributed by atoms with Crippen LogP contribution in [0.15, 0.2) is 71.6 Å². The smallest absolute Gasteiger partial charge is 0.256 e. The van der Waals surface area contributed by atoms with Gasteiger partial charge in [0.15, 0.2) is 0 Å². The normalized spacial score (nSPS) is 10.1. The summed E-state index contributed by atoms with van der Waals surface area (Å²) in [6, 6.07) is 14.3. The first kappa shape index (κ1) is 15.2. The molecule has 0 aliphatic carbocycles. The number of benzene rings is 2. The molecule has 1 aromatic heterocycles. The fraction of sp³-hybridized carbons (Fsp3) is 0. The maximum Gasteiger partial charge on any atom is 0.256 e. The Morgan fingerprint density at radius 1 is 1.09 bits per heavy atom. The molecule has 0 radical (unpaired) electrons. The van der Waals surface area contributed by atoms with Crippen LogP contribution in [0.4, 0.5) is 5.69 Å². The monoisotopic (exact) mass is 369 g/mol. The minimum absolute atomic E-state index is 0.200. The Morgan fingerprint density at radius 2 is 1.96 bits per heavy atom. The molecule has 23 heavy (non-hydrogen) atoms. The molecule has 5 nitrogen and oxygen atoms in total. The molecule has 6 heteroatoms. The lowest BCUT2D eigenvalue weighted by Gasteiger charge is -2.09. The van der Waals surface area contributed by atoms with Crippen molar-refractivity contribution < 1.29 is 9.53 Å². The molecule has 1 heterocycles. The zero-order chi connectivity index (χ0) is 16.1. The van der Waals surface area contributed by atoms with Crippen LogP contribution in [-0.4, -0.2) is 15.9 Å². The summed E-state index contributed by atoms with van der Waals surface area (Å²) in [6.07, 6.45) is 4.64. The number of hydrogen-bond donors (Lipinski definition) is 1. The van der Waals surface area contributed by atoms with E-state index in [1.165, 1.54) is 6.20 Å². The molecular formula is C17H12BrN3O2. The van der Waals surface area contributed by atoms with E-state index in [-0.39, 0.29) is 5.91 Å². The standard InChI is InChI=1S/C17H12BrN3O2/c18-15-7-2-1-6-14(15)17(22)21-12-4-3-5-13(10-12)23-16-11-19-8-9-20-16/h1-11H,(H,21,22). The zero-order valence-electron chi connectivity index (χ0n) is 11.9. The van der Waals surface area contributed by atoms with Gasteiger partial charge in [0, 0.05) is 28.6 Å². The van der Waals surface area contributed by atoms with Gasteiger partial charge in [0.25, 0.3) is 5.91 Å². The number of anilines is 1. The summed E-state index contributed by atoms with van der Waals surface area (Å²) in [7, 11) is 0. The van der Waals surface area contributed by atoms with Crippen LogP contribution in [-0.2, 0) is 0 Å². The maximum atomic E-state index is 12.3. The topological polar surface area (TPSA) is 64.1 Å². The third-order valence-corrected chi connectivity index (χ3v) is 3.66. The number of aromatic nitrogens is 2. The number of carbonyl (C=O) groups excluding carboxylic acids is 1. The highest BCUT2D eigenvalue weighted by molar-refractivity contribution is 9.10. The third-order valence-electron chi connectivity index (χ3n) is 2.97. The molecule has 0 saturated heterocycles. The molecule has 0 spiro atoms. The molecule has 3 rings (SSSR count). The van der Waals surface area contributed by atoms with E-state index in [0.717, 1.165) is 4.47 Å². The lowest BCUT2D eigenvalue weighted by atomic mass is 10.2. The number of nitrogens with zero attached hydrogens (tertiary/aromatic N) is 2. The van der Waals surface area contributed by atoms with Gasteiger partial charge in [-0.1, -0.05) is 18.2 Å². The van der Waals surface area contributed by atoms with Crippen LogP contribution in [0.2, 0.25) is 0 Å². The van der Waals surface area contributed by atoms with Gasteiger partial charge < -0.3 is 10.1 Å². The van der Waals surface area contributed by atoms with Gasteiger partial charge in [-0.05, 0) is 40.2 Å². The average molecular weight is 370 g/mol. The summed E-state index contributed by atoms with van der Waals surface area (Å²) < 4.78 is 6.34. The predicted octanol–water partition coefficient (Wildman–Crippen LogP) is 4.28. The lowest BCUT2D eigenvalue weighted by Crippen LogP contribution is -2.12. The van der Waals surface area contributed by atoms with Gasteiger partial charge in [0.05, 0.1) is 11.8 Å². The third kappa shape index (κ3) is 3.92. The Kier molecular flexibility index (Phi) is 4.63. The fourth-order valence-corrected chi connectivity index (χ4v) is 2.40. The molecule has 3 aromatic rings. The molecule has 0 bridgehead atoms. The summed E-state index contributed by atoms with van der Waals surface area (Å²) in [5.41, 5.74) is 1.19. The minimum atomic E-state index is -0.200. The number of carbonyl (C=O) groups is 1. The van der Waals surface area contributed by atoms with Crippen molar-refractivity contribution >= 4 is 27.5 Å². The van der Waals surface area contributed by atoms with Gasteiger partial charge in [0.1, 0.15) is 5.75 Å². The van der Waals surface area contributed by atoms with Crippen molar-refractivity contribution in [1.82, 2.24) is 9.97 Å². The summed E-state index contributed by atoms with van der Waals surface area (Å²) in [5.74, 6) is 0.756. The van der Waals surface area contributed by atoms with Crippen LogP contribution in [0.5, 0.6) is 11.6 Å². The number of nitrogens with one attached hydrogen (secondary N) is 1. The Balaban J connectivity index is 1.75. The van der Waals surface area contributed by atoms with Crippen molar-refractivity contribution in [3.63, 3.8) is 0 Å². The van der Waals surface area contributed by atoms with Crippen molar-refractivity contribution in [3.8, 4) is 11.6 Å². The molecule has 0 saturated carbocycles. The van der Waals surface area contributed by atoms with Gasteiger partial charge in [-0.2, -0.15) is 0 Å². The minimum Gasteiger partial charge on any atom is -0.437 e. The number of hydrogen-bond acceptors (Lipinski definition) is 4. The van der Waals surface area contributed by atoms with Crippen LogP contribution < -0.4 is 10.1 Å². The summed E-state index contributed by atoms with van der Waals surface area (Å²) >= 11 is 3.37. The van der Waals surface area contributed by atoms with Gasteiger partial charge in [0.2, 0.25) is 5.88 Å². The number of amides is 1. The molecule has 2 aromatic carbocycles. The van der Waals surface area contributed by atoms with Crippen molar-refractivity contribution in [1.29, 1.82) is 0 Å². The predicted molar refractivity (Wildman–Crippen MR) is 90.6 cm³/mol. The van der Waals surface area contributed by atoms with E-state index in [2.05, 4.69) is 31.2 Å². The summed E-state index contributed by atoms with van der Waals surface area (Å²) in [5, 5.41) is 2.84. The SMILES string of the molecule is O=C(Nc1cccc(Oc2cnccn2)c1)c1ccccc1Br. The van der Waals surface area contributed by atoms with Crippen LogP contribution in [0.25, 0.3) is 0 Å². The number of ether oxygens (including phenoxy) is 1.